The molecule has 112 valence electrons. The molecule has 1 saturated carbocycles. The number of unbranched alkanes of at least 4 members (excludes halogenated alkanes) is 3. The average molecular weight is 294 g/mol. The van der Waals surface area contributed by atoms with E-state index in [0.29, 0.717) is 0 Å². The second kappa shape index (κ2) is 8.69. The average Bonchev–Trinajstić information content (AvgIpc) is 3.27. The number of rotatable bonds is 10. The fourth-order valence-electron chi connectivity index (χ4n) is 2.73. The van der Waals surface area contributed by atoms with Crippen molar-refractivity contribution in [1.29, 1.82) is 0 Å². The summed E-state index contributed by atoms with van der Waals surface area (Å²) in [6, 6.07) is 9.12. The number of hydrogen-bond donors (Lipinski definition) is 1. The largest absolute Gasteiger partial charge is 0.314 e. The summed E-state index contributed by atoms with van der Waals surface area (Å²) < 4.78 is 0. The first kappa shape index (κ1) is 15.9. The minimum Gasteiger partial charge on any atom is -0.314 e. The molecular weight excluding hydrogens is 266 g/mol. The van der Waals surface area contributed by atoms with Gasteiger partial charge in [0.25, 0.3) is 0 Å². The Labute approximate surface area is 129 Å². The van der Waals surface area contributed by atoms with Crippen LogP contribution in [0.2, 0.25) is 5.02 Å². The summed E-state index contributed by atoms with van der Waals surface area (Å²) in [7, 11) is 0. The van der Waals surface area contributed by atoms with Crippen molar-refractivity contribution >= 4 is 11.6 Å². The molecule has 0 aromatic heterocycles. The van der Waals surface area contributed by atoms with Crippen LogP contribution in [0.25, 0.3) is 0 Å². The Kier molecular flexibility index (Phi) is 6.89. The summed E-state index contributed by atoms with van der Waals surface area (Å²) in [6.07, 6.45) is 10.6. The molecule has 20 heavy (non-hydrogen) atoms. The highest BCUT2D eigenvalue weighted by molar-refractivity contribution is 6.31. The SMILES string of the molecule is CCCCCCC(CNC1CC1)Cc1ccccc1Cl. The summed E-state index contributed by atoms with van der Waals surface area (Å²) in [5.74, 6) is 0.729. The minimum atomic E-state index is 0.729. The lowest BCUT2D eigenvalue weighted by Gasteiger charge is -2.18. The molecule has 1 aliphatic rings. The fourth-order valence-corrected chi connectivity index (χ4v) is 2.94. The van der Waals surface area contributed by atoms with Crippen LogP contribution < -0.4 is 5.32 Å². The van der Waals surface area contributed by atoms with Gasteiger partial charge in [0, 0.05) is 11.1 Å². The molecule has 2 heteroatoms. The zero-order valence-corrected chi connectivity index (χ0v) is 13.5. The van der Waals surface area contributed by atoms with Crippen molar-refractivity contribution in [2.75, 3.05) is 6.54 Å². The van der Waals surface area contributed by atoms with Crippen LogP contribution in [0, 0.1) is 5.92 Å². The summed E-state index contributed by atoms with van der Waals surface area (Å²) >= 11 is 6.31. The Balaban J connectivity index is 1.81. The van der Waals surface area contributed by atoms with E-state index in [1.807, 2.05) is 12.1 Å². The number of nitrogens with one attached hydrogen (secondary N) is 1. The summed E-state index contributed by atoms with van der Waals surface area (Å²) in [5, 5.41) is 4.62. The van der Waals surface area contributed by atoms with E-state index < -0.39 is 0 Å². The van der Waals surface area contributed by atoms with Crippen molar-refractivity contribution < 1.29 is 0 Å². The summed E-state index contributed by atoms with van der Waals surface area (Å²) in [5.41, 5.74) is 1.31. The van der Waals surface area contributed by atoms with Crippen LogP contribution in [0.1, 0.15) is 57.4 Å². The van der Waals surface area contributed by atoms with Crippen molar-refractivity contribution in [2.24, 2.45) is 5.92 Å². The number of hydrogen-bond acceptors (Lipinski definition) is 1. The van der Waals surface area contributed by atoms with Gasteiger partial charge in [0.2, 0.25) is 0 Å². The van der Waals surface area contributed by atoms with Gasteiger partial charge >= 0.3 is 0 Å². The smallest absolute Gasteiger partial charge is 0.0438 e. The molecule has 0 radical (unpaired) electrons. The van der Waals surface area contributed by atoms with Gasteiger partial charge in [-0.25, -0.2) is 0 Å². The van der Waals surface area contributed by atoms with Crippen LogP contribution in [-0.4, -0.2) is 12.6 Å². The van der Waals surface area contributed by atoms with E-state index in [0.717, 1.165) is 29.9 Å². The van der Waals surface area contributed by atoms with Crippen molar-refractivity contribution in [3.63, 3.8) is 0 Å². The van der Waals surface area contributed by atoms with E-state index in [1.54, 1.807) is 0 Å². The maximum absolute atomic E-state index is 6.31. The van der Waals surface area contributed by atoms with E-state index in [1.165, 1.54) is 50.5 Å². The molecular formula is C18H28ClN. The van der Waals surface area contributed by atoms with E-state index in [4.69, 9.17) is 11.6 Å². The quantitative estimate of drug-likeness (QED) is 0.583. The molecule has 1 aromatic rings. The Hall–Kier alpha value is -0.530. The van der Waals surface area contributed by atoms with Gasteiger partial charge in [0.15, 0.2) is 0 Å². The Bertz CT molecular complexity index is 387. The van der Waals surface area contributed by atoms with Gasteiger partial charge in [-0.2, -0.15) is 0 Å². The second-order valence-electron chi connectivity index (χ2n) is 6.19. The monoisotopic (exact) mass is 293 g/mol. The van der Waals surface area contributed by atoms with E-state index >= 15 is 0 Å². The number of halogens is 1. The van der Waals surface area contributed by atoms with Crippen LogP contribution in [0.15, 0.2) is 24.3 Å². The molecule has 1 N–H and O–H groups in total. The Morgan fingerprint density at radius 2 is 2.00 bits per heavy atom. The lowest BCUT2D eigenvalue weighted by Crippen LogP contribution is -2.26. The van der Waals surface area contributed by atoms with Gasteiger partial charge in [-0.1, -0.05) is 62.4 Å². The highest BCUT2D eigenvalue weighted by atomic mass is 35.5. The van der Waals surface area contributed by atoms with Gasteiger partial charge in [0.05, 0.1) is 0 Å². The molecule has 0 amide bonds. The zero-order valence-electron chi connectivity index (χ0n) is 12.7. The first-order valence-electron chi connectivity index (χ1n) is 8.26. The fraction of sp³-hybridized carbons (Fsp3) is 0.667. The van der Waals surface area contributed by atoms with Gasteiger partial charge in [0.1, 0.15) is 0 Å². The highest BCUT2D eigenvalue weighted by Gasteiger charge is 2.22. The van der Waals surface area contributed by atoms with Gasteiger partial charge in [-0.05, 0) is 49.8 Å². The molecule has 0 bridgehead atoms. The lowest BCUT2D eigenvalue weighted by atomic mass is 9.93. The first-order chi connectivity index (χ1) is 9.79. The first-order valence-corrected chi connectivity index (χ1v) is 8.64. The maximum atomic E-state index is 6.31. The third-order valence-corrected chi connectivity index (χ3v) is 4.57. The highest BCUT2D eigenvalue weighted by Crippen LogP contribution is 2.24. The van der Waals surface area contributed by atoms with E-state index in [9.17, 15) is 0 Å². The molecule has 1 unspecified atom stereocenters. The predicted molar refractivity (Wildman–Crippen MR) is 88.4 cm³/mol. The molecule has 1 atom stereocenters. The summed E-state index contributed by atoms with van der Waals surface area (Å²) in [4.78, 5) is 0. The van der Waals surface area contributed by atoms with Gasteiger partial charge < -0.3 is 5.32 Å². The molecule has 1 fully saturated rings. The lowest BCUT2D eigenvalue weighted by molar-refractivity contribution is 0.420. The molecule has 0 saturated heterocycles. The molecule has 1 aromatic carbocycles. The molecule has 0 aliphatic heterocycles. The third kappa shape index (κ3) is 5.85. The molecule has 1 aliphatic carbocycles. The van der Waals surface area contributed by atoms with E-state index in [2.05, 4.69) is 24.4 Å². The zero-order chi connectivity index (χ0) is 14.2. The van der Waals surface area contributed by atoms with Crippen LogP contribution in [0.3, 0.4) is 0 Å². The Morgan fingerprint density at radius 3 is 2.70 bits per heavy atom. The third-order valence-electron chi connectivity index (χ3n) is 4.20. The normalized spacial score (nSPS) is 16.3. The van der Waals surface area contributed by atoms with E-state index in [-0.39, 0.29) is 0 Å². The maximum Gasteiger partial charge on any atom is 0.0438 e. The predicted octanol–water partition coefficient (Wildman–Crippen LogP) is 5.22. The van der Waals surface area contributed by atoms with Crippen molar-refractivity contribution in [1.82, 2.24) is 5.32 Å². The van der Waals surface area contributed by atoms with Crippen LogP contribution in [0.5, 0.6) is 0 Å². The van der Waals surface area contributed by atoms with Gasteiger partial charge in [-0.15, -0.1) is 0 Å². The molecule has 1 nitrogen and oxygen atoms in total. The Morgan fingerprint density at radius 1 is 1.20 bits per heavy atom. The van der Waals surface area contributed by atoms with Crippen molar-refractivity contribution in [2.45, 2.75) is 64.3 Å². The summed E-state index contributed by atoms with van der Waals surface area (Å²) in [6.45, 7) is 3.43. The van der Waals surface area contributed by atoms with Crippen molar-refractivity contribution in [3.8, 4) is 0 Å². The minimum absolute atomic E-state index is 0.729. The standard InChI is InChI=1S/C18H28ClN/c1-2-3-4-5-8-15(14-20-17-11-12-17)13-16-9-6-7-10-18(16)19/h6-7,9-10,15,17,20H,2-5,8,11-14H2,1H3. The van der Waals surface area contributed by atoms with Crippen LogP contribution >= 0.6 is 11.6 Å². The molecule has 0 heterocycles. The number of benzene rings is 1. The second-order valence-corrected chi connectivity index (χ2v) is 6.60. The van der Waals surface area contributed by atoms with Crippen molar-refractivity contribution in [3.05, 3.63) is 34.9 Å². The van der Waals surface area contributed by atoms with Crippen LogP contribution in [0.4, 0.5) is 0 Å². The van der Waals surface area contributed by atoms with Gasteiger partial charge in [-0.3, -0.25) is 0 Å². The molecule has 2 rings (SSSR count). The topological polar surface area (TPSA) is 12.0 Å². The molecule has 0 spiro atoms. The van der Waals surface area contributed by atoms with Crippen LogP contribution in [-0.2, 0) is 6.42 Å².